The number of benzene rings is 2. The van der Waals surface area contributed by atoms with Crippen LogP contribution in [0.1, 0.15) is 10.5 Å². The van der Waals surface area contributed by atoms with E-state index in [-0.39, 0.29) is 11.4 Å². The molecule has 4 rings (SSSR count). The lowest BCUT2D eigenvalue weighted by Gasteiger charge is -2.10. The first-order valence-electron chi connectivity index (χ1n) is 8.74. The van der Waals surface area contributed by atoms with Crippen molar-refractivity contribution in [3.63, 3.8) is 0 Å². The van der Waals surface area contributed by atoms with Crippen molar-refractivity contribution in [2.75, 3.05) is 19.5 Å². The number of hydrogen-bond donors (Lipinski definition) is 1. The van der Waals surface area contributed by atoms with Gasteiger partial charge >= 0.3 is 0 Å². The summed E-state index contributed by atoms with van der Waals surface area (Å²) in [5.41, 5.74) is 2.20. The number of carbonyl (C=O) groups is 1. The van der Waals surface area contributed by atoms with Gasteiger partial charge in [0.1, 0.15) is 5.82 Å². The van der Waals surface area contributed by atoms with Gasteiger partial charge in [-0.2, -0.15) is 5.10 Å². The Bertz CT molecular complexity index is 1210. The first-order valence-corrected chi connectivity index (χ1v) is 8.74. The van der Waals surface area contributed by atoms with Gasteiger partial charge in [0.2, 0.25) is 0 Å². The number of amides is 1. The maximum absolute atomic E-state index is 13.8. The summed E-state index contributed by atoms with van der Waals surface area (Å²) >= 11 is 0. The van der Waals surface area contributed by atoms with Crippen LogP contribution in [0.2, 0.25) is 0 Å². The first kappa shape index (κ1) is 18.4. The fourth-order valence-electron chi connectivity index (χ4n) is 2.97. The molecule has 0 saturated carbocycles. The van der Waals surface area contributed by atoms with Crippen LogP contribution < -0.4 is 14.8 Å². The maximum Gasteiger partial charge on any atom is 0.276 e. The number of carbonyl (C=O) groups excluding carboxylic acids is 1. The molecule has 2 aromatic heterocycles. The Balaban J connectivity index is 1.72. The molecule has 1 N–H and O–H groups in total. The van der Waals surface area contributed by atoms with E-state index in [1.807, 2.05) is 12.1 Å². The van der Waals surface area contributed by atoms with Crippen LogP contribution in [0.25, 0.3) is 16.9 Å². The summed E-state index contributed by atoms with van der Waals surface area (Å²) in [6.07, 6.45) is 1.63. The number of hydrogen-bond acceptors (Lipinski definition) is 5. The van der Waals surface area contributed by atoms with Gasteiger partial charge in [0.25, 0.3) is 5.91 Å². The summed E-state index contributed by atoms with van der Waals surface area (Å²) in [6, 6.07) is 14.7. The molecule has 2 aromatic carbocycles. The molecule has 4 aromatic rings. The smallest absolute Gasteiger partial charge is 0.276 e. The van der Waals surface area contributed by atoms with Crippen molar-refractivity contribution in [1.29, 1.82) is 0 Å². The number of ether oxygens (including phenoxy) is 2. The third-order valence-corrected chi connectivity index (χ3v) is 4.39. The lowest BCUT2D eigenvalue weighted by atomic mass is 10.1. The van der Waals surface area contributed by atoms with Crippen molar-refractivity contribution in [2.45, 2.75) is 0 Å². The standard InChI is InChI=1S/C21H17FN4O3/c1-28-18-8-7-13(11-19(18)29-2)17-9-10-23-20-12-16(25-26(17)20)21(27)24-15-6-4-3-5-14(15)22/h3-12H,1-2H3,(H,24,27). The summed E-state index contributed by atoms with van der Waals surface area (Å²) in [5, 5.41) is 6.89. The quantitative estimate of drug-likeness (QED) is 0.559. The van der Waals surface area contributed by atoms with Gasteiger partial charge in [0.05, 0.1) is 25.6 Å². The van der Waals surface area contributed by atoms with E-state index in [2.05, 4.69) is 15.4 Å². The molecule has 0 saturated heterocycles. The Kier molecular flexibility index (Phi) is 4.82. The van der Waals surface area contributed by atoms with E-state index in [9.17, 15) is 9.18 Å². The number of methoxy groups -OCH3 is 2. The van der Waals surface area contributed by atoms with Crippen molar-refractivity contribution < 1.29 is 18.7 Å². The van der Waals surface area contributed by atoms with Gasteiger partial charge < -0.3 is 14.8 Å². The topological polar surface area (TPSA) is 77.8 Å². The SMILES string of the molecule is COc1ccc(-c2ccnc3cc(C(=O)Nc4ccccc4F)nn23)cc1OC. The molecule has 0 bridgehead atoms. The van der Waals surface area contributed by atoms with Crippen LogP contribution in [0, 0.1) is 5.82 Å². The molecule has 2 heterocycles. The lowest BCUT2D eigenvalue weighted by Crippen LogP contribution is -2.13. The van der Waals surface area contributed by atoms with E-state index >= 15 is 0 Å². The minimum atomic E-state index is -0.529. The van der Waals surface area contributed by atoms with Crippen molar-refractivity contribution in [3.8, 4) is 22.8 Å². The molecule has 7 nitrogen and oxygen atoms in total. The summed E-state index contributed by atoms with van der Waals surface area (Å²) in [5.74, 6) is 0.124. The van der Waals surface area contributed by atoms with Gasteiger partial charge in [-0.25, -0.2) is 13.9 Å². The van der Waals surface area contributed by atoms with Crippen molar-refractivity contribution >= 4 is 17.2 Å². The fraction of sp³-hybridized carbons (Fsp3) is 0.0952. The second-order valence-electron chi connectivity index (χ2n) is 6.13. The van der Waals surface area contributed by atoms with Gasteiger partial charge in [-0.1, -0.05) is 12.1 Å². The third kappa shape index (κ3) is 3.47. The molecule has 0 spiro atoms. The Labute approximate surface area is 165 Å². The molecule has 29 heavy (non-hydrogen) atoms. The normalized spacial score (nSPS) is 10.7. The zero-order valence-electron chi connectivity index (χ0n) is 15.7. The molecule has 8 heteroatoms. The number of aromatic nitrogens is 3. The predicted octanol–water partition coefficient (Wildman–Crippen LogP) is 3.80. The Morgan fingerprint density at radius 1 is 1.03 bits per heavy atom. The molecule has 0 aliphatic carbocycles. The van der Waals surface area contributed by atoms with Crippen LogP contribution >= 0.6 is 0 Å². The molecule has 0 fully saturated rings. The van der Waals surface area contributed by atoms with E-state index < -0.39 is 11.7 Å². The predicted molar refractivity (Wildman–Crippen MR) is 106 cm³/mol. The second kappa shape index (κ2) is 7.59. The number of nitrogens with zero attached hydrogens (tertiary/aromatic N) is 3. The van der Waals surface area contributed by atoms with E-state index in [1.165, 1.54) is 12.1 Å². The highest BCUT2D eigenvalue weighted by Gasteiger charge is 2.16. The molecule has 0 unspecified atom stereocenters. The van der Waals surface area contributed by atoms with Crippen LogP contribution in [0.15, 0.2) is 60.8 Å². The number of nitrogens with one attached hydrogen (secondary N) is 1. The minimum Gasteiger partial charge on any atom is -0.493 e. The van der Waals surface area contributed by atoms with E-state index in [1.54, 1.807) is 55.3 Å². The molecule has 0 aliphatic heterocycles. The van der Waals surface area contributed by atoms with E-state index in [0.29, 0.717) is 22.8 Å². The van der Waals surface area contributed by atoms with Crippen LogP contribution in [-0.4, -0.2) is 34.7 Å². The maximum atomic E-state index is 13.8. The Hall–Kier alpha value is -3.94. The number of anilines is 1. The minimum absolute atomic E-state index is 0.0858. The summed E-state index contributed by atoms with van der Waals surface area (Å²) in [4.78, 5) is 16.8. The lowest BCUT2D eigenvalue weighted by molar-refractivity contribution is 0.102. The van der Waals surface area contributed by atoms with E-state index in [4.69, 9.17) is 9.47 Å². The Morgan fingerprint density at radius 2 is 1.83 bits per heavy atom. The van der Waals surface area contributed by atoms with Gasteiger partial charge in [-0.3, -0.25) is 4.79 Å². The van der Waals surface area contributed by atoms with Crippen LogP contribution in [0.5, 0.6) is 11.5 Å². The van der Waals surface area contributed by atoms with Crippen LogP contribution in [-0.2, 0) is 0 Å². The van der Waals surface area contributed by atoms with Crippen molar-refractivity contribution in [2.24, 2.45) is 0 Å². The Morgan fingerprint density at radius 3 is 2.59 bits per heavy atom. The first-order chi connectivity index (χ1) is 14.1. The van der Waals surface area contributed by atoms with Crippen LogP contribution in [0.4, 0.5) is 10.1 Å². The molecule has 1 amide bonds. The second-order valence-corrected chi connectivity index (χ2v) is 6.13. The van der Waals surface area contributed by atoms with Gasteiger partial charge in [0, 0.05) is 17.8 Å². The summed E-state index contributed by atoms with van der Waals surface area (Å²) in [6.45, 7) is 0. The molecule has 0 aliphatic rings. The number of halogens is 1. The van der Waals surface area contributed by atoms with Gasteiger partial charge in [-0.15, -0.1) is 0 Å². The van der Waals surface area contributed by atoms with Gasteiger partial charge in [0.15, 0.2) is 22.8 Å². The molecular formula is C21H17FN4O3. The van der Waals surface area contributed by atoms with Crippen LogP contribution in [0.3, 0.4) is 0 Å². The molecule has 0 radical (unpaired) electrons. The highest BCUT2D eigenvalue weighted by atomic mass is 19.1. The molecule has 146 valence electrons. The molecule has 0 atom stereocenters. The summed E-state index contributed by atoms with van der Waals surface area (Å²) < 4.78 is 26.0. The average Bonchev–Trinajstić information content (AvgIpc) is 3.19. The average molecular weight is 392 g/mol. The van der Waals surface area contributed by atoms with E-state index in [0.717, 1.165) is 5.56 Å². The highest BCUT2D eigenvalue weighted by molar-refractivity contribution is 6.03. The van der Waals surface area contributed by atoms with Crippen molar-refractivity contribution in [3.05, 3.63) is 72.3 Å². The number of fused-ring (bicyclic) bond motifs is 1. The van der Waals surface area contributed by atoms with Gasteiger partial charge in [-0.05, 0) is 36.4 Å². The van der Waals surface area contributed by atoms with Crippen molar-refractivity contribution in [1.82, 2.24) is 14.6 Å². The largest absolute Gasteiger partial charge is 0.493 e. The zero-order chi connectivity index (χ0) is 20.4. The molecular weight excluding hydrogens is 375 g/mol. The zero-order valence-corrected chi connectivity index (χ0v) is 15.7. The monoisotopic (exact) mass is 392 g/mol. The highest BCUT2D eigenvalue weighted by Crippen LogP contribution is 2.32. The number of para-hydroxylation sites is 1. The number of rotatable bonds is 5. The fourth-order valence-corrected chi connectivity index (χ4v) is 2.97. The summed E-state index contributed by atoms with van der Waals surface area (Å²) in [7, 11) is 3.12. The third-order valence-electron chi connectivity index (χ3n) is 4.39.